The number of benzene rings is 2. The second kappa shape index (κ2) is 11.2. The van der Waals surface area contributed by atoms with Crippen LogP contribution < -0.4 is 10.2 Å². The van der Waals surface area contributed by atoms with Gasteiger partial charge >= 0.3 is 0 Å². The molecule has 2 aromatic carbocycles. The molecule has 0 atom stereocenters. The van der Waals surface area contributed by atoms with E-state index < -0.39 is 0 Å². The summed E-state index contributed by atoms with van der Waals surface area (Å²) in [6.07, 6.45) is 6.50. The number of ether oxygens (including phenoxy) is 1. The minimum atomic E-state index is -0.253. The lowest BCUT2D eigenvalue weighted by Crippen LogP contribution is -2.19. The highest BCUT2D eigenvalue weighted by Gasteiger charge is 2.17. The van der Waals surface area contributed by atoms with E-state index in [0.717, 1.165) is 22.6 Å². The molecule has 1 N–H and O–H groups in total. The third-order valence-electron chi connectivity index (χ3n) is 4.76. The van der Waals surface area contributed by atoms with Crippen LogP contribution in [-0.4, -0.2) is 39.7 Å². The molecule has 2 heterocycles. The summed E-state index contributed by atoms with van der Waals surface area (Å²) in [5.41, 5.74) is 5.45. The molecule has 4 aromatic rings. The molecule has 0 aliphatic rings. The SMILES string of the molecule is COc1ccc(-c2nnc(SCC(=O)N/N=C/C=C\c3ccco3)n2-c2ccc(C)cc2)cc1. The second-order valence-electron chi connectivity index (χ2n) is 7.18. The molecule has 2 aromatic heterocycles. The topological polar surface area (TPSA) is 94.5 Å². The van der Waals surface area contributed by atoms with Crippen LogP contribution in [0.3, 0.4) is 0 Å². The van der Waals surface area contributed by atoms with Gasteiger partial charge in [-0.1, -0.05) is 29.5 Å². The van der Waals surface area contributed by atoms with Gasteiger partial charge in [0.1, 0.15) is 11.5 Å². The van der Waals surface area contributed by atoms with Gasteiger partial charge in [-0.2, -0.15) is 5.10 Å². The Morgan fingerprint density at radius 2 is 1.94 bits per heavy atom. The highest BCUT2D eigenvalue weighted by molar-refractivity contribution is 7.99. The zero-order chi connectivity index (χ0) is 23.8. The van der Waals surface area contributed by atoms with Gasteiger partial charge in [0, 0.05) is 17.5 Å². The summed E-state index contributed by atoms with van der Waals surface area (Å²) < 4.78 is 12.4. The average molecular weight is 474 g/mol. The molecule has 0 aliphatic carbocycles. The lowest BCUT2D eigenvalue weighted by atomic mass is 10.2. The fraction of sp³-hybridized carbons (Fsp3) is 0.120. The number of allylic oxidation sites excluding steroid dienone is 1. The molecular formula is C25H23N5O3S. The highest BCUT2D eigenvalue weighted by Crippen LogP contribution is 2.29. The van der Waals surface area contributed by atoms with Crippen LogP contribution in [0.15, 0.2) is 87.7 Å². The Hall–Kier alpha value is -4.11. The number of hydrogen-bond acceptors (Lipinski definition) is 7. The van der Waals surface area contributed by atoms with Crippen LogP contribution in [0.2, 0.25) is 0 Å². The maximum Gasteiger partial charge on any atom is 0.250 e. The van der Waals surface area contributed by atoms with Crippen LogP contribution in [0.1, 0.15) is 11.3 Å². The molecule has 9 heteroatoms. The summed E-state index contributed by atoms with van der Waals surface area (Å²) in [7, 11) is 1.63. The molecule has 0 saturated carbocycles. The van der Waals surface area contributed by atoms with Gasteiger partial charge < -0.3 is 9.15 Å². The monoisotopic (exact) mass is 473 g/mol. The Morgan fingerprint density at radius 1 is 1.15 bits per heavy atom. The first-order chi connectivity index (χ1) is 16.6. The average Bonchev–Trinajstić information content (AvgIpc) is 3.53. The van der Waals surface area contributed by atoms with Crippen molar-refractivity contribution in [3.8, 4) is 22.8 Å². The highest BCUT2D eigenvalue weighted by atomic mass is 32.2. The summed E-state index contributed by atoms with van der Waals surface area (Å²) in [6, 6.07) is 19.3. The zero-order valence-electron chi connectivity index (χ0n) is 18.7. The molecule has 0 radical (unpaired) electrons. The maximum atomic E-state index is 12.3. The Labute approximate surface area is 201 Å². The van der Waals surface area contributed by atoms with Crippen molar-refractivity contribution in [1.82, 2.24) is 20.2 Å². The quantitative estimate of drug-likeness (QED) is 0.214. The summed E-state index contributed by atoms with van der Waals surface area (Å²) >= 11 is 1.28. The van der Waals surface area contributed by atoms with E-state index in [0.29, 0.717) is 16.7 Å². The van der Waals surface area contributed by atoms with Gasteiger partial charge in [-0.05, 0) is 67.6 Å². The number of aryl methyl sites for hydroxylation is 1. The number of thioether (sulfide) groups is 1. The van der Waals surface area contributed by atoms with Crippen LogP contribution in [0.5, 0.6) is 5.75 Å². The van der Waals surface area contributed by atoms with Gasteiger partial charge in [0.05, 0.1) is 19.1 Å². The minimum absolute atomic E-state index is 0.131. The van der Waals surface area contributed by atoms with Gasteiger partial charge in [0.25, 0.3) is 5.91 Å². The molecule has 8 nitrogen and oxygen atoms in total. The molecule has 172 valence electrons. The summed E-state index contributed by atoms with van der Waals surface area (Å²) in [5.74, 6) is 2.02. The van der Waals surface area contributed by atoms with E-state index in [9.17, 15) is 4.79 Å². The molecule has 0 fully saturated rings. The van der Waals surface area contributed by atoms with Crippen LogP contribution in [0.4, 0.5) is 0 Å². The summed E-state index contributed by atoms with van der Waals surface area (Å²) in [4.78, 5) is 12.3. The number of nitrogens with one attached hydrogen (secondary N) is 1. The number of aromatic nitrogens is 3. The van der Waals surface area contributed by atoms with Gasteiger partial charge in [-0.15, -0.1) is 10.2 Å². The van der Waals surface area contributed by atoms with Crippen molar-refractivity contribution < 1.29 is 13.9 Å². The van der Waals surface area contributed by atoms with Crippen molar-refractivity contribution in [1.29, 1.82) is 0 Å². The van der Waals surface area contributed by atoms with Crippen molar-refractivity contribution >= 4 is 30.0 Å². The molecule has 1 amide bonds. The smallest absolute Gasteiger partial charge is 0.250 e. The number of nitrogens with zero attached hydrogens (tertiary/aromatic N) is 4. The zero-order valence-corrected chi connectivity index (χ0v) is 19.5. The van der Waals surface area contributed by atoms with E-state index in [4.69, 9.17) is 9.15 Å². The Kier molecular flexibility index (Phi) is 7.56. The van der Waals surface area contributed by atoms with E-state index in [1.54, 1.807) is 31.6 Å². The van der Waals surface area contributed by atoms with Crippen molar-refractivity contribution in [3.05, 3.63) is 84.3 Å². The second-order valence-corrected chi connectivity index (χ2v) is 8.12. The molecule has 0 spiro atoms. The predicted molar refractivity (Wildman–Crippen MR) is 133 cm³/mol. The van der Waals surface area contributed by atoms with Crippen molar-refractivity contribution in [2.45, 2.75) is 12.1 Å². The van der Waals surface area contributed by atoms with Crippen LogP contribution >= 0.6 is 11.8 Å². The van der Waals surface area contributed by atoms with Crippen LogP contribution in [0, 0.1) is 6.92 Å². The van der Waals surface area contributed by atoms with Crippen molar-refractivity contribution in [3.63, 3.8) is 0 Å². The van der Waals surface area contributed by atoms with Gasteiger partial charge in [-0.25, -0.2) is 5.43 Å². The van der Waals surface area contributed by atoms with E-state index in [1.165, 1.54) is 18.0 Å². The van der Waals surface area contributed by atoms with E-state index in [1.807, 2.05) is 66.1 Å². The number of furan rings is 1. The first-order valence-electron chi connectivity index (χ1n) is 10.5. The first kappa shape index (κ1) is 23.1. The minimum Gasteiger partial charge on any atom is -0.497 e. The molecule has 0 unspecified atom stereocenters. The Morgan fingerprint density at radius 3 is 2.65 bits per heavy atom. The lowest BCUT2D eigenvalue weighted by molar-refractivity contribution is -0.118. The molecular weight excluding hydrogens is 450 g/mol. The molecule has 34 heavy (non-hydrogen) atoms. The Balaban J connectivity index is 1.48. The number of amides is 1. The fourth-order valence-corrected chi connectivity index (χ4v) is 3.80. The molecule has 0 saturated heterocycles. The third kappa shape index (κ3) is 5.81. The standard InChI is InChI=1S/C25H23N5O3S/c1-18-7-11-20(12-8-18)30-24(19-9-13-21(32-2)14-10-19)28-29-25(30)34-17-23(31)27-26-15-3-5-22-6-4-16-33-22/h3-16H,17H2,1-2H3,(H,27,31)/b5-3-,26-15+. The number of hydrogen-bond donors (Lipinski definition) is 1. The van der Waals surface area contributed by atoms with Crippen LogP contribution in [0.25, 0.3) is 23.2 Å². The molecule has 4 rings (SSSR count). The normalized spacial score (nSPS) is 11.4. The van der Waals surface area contributed by atoms with Crippen LogP contribution in [-0.2, 0) is 4.79 Å². The maximum absolute atomic E-state index is 12.3. The number of carbonyl (C=O) groups is 1. The third-order valence-corrected chi connectivity index (χ3v) is 5.69. The van der Waals surface area contributed by atoms with Crippen molar-refractivity contribution in [2.75, 3.05) is 12.9 Å². The predicted octanol–water partition coefficient (Wildman–Crippen LogP) is 4.75. The first-order valence-corrected chi connectivity index (χ1v) is 11.4. The van der Waals surface area contributed by atoms with E-state index >= 15 is 0 Å². The van der Waals surface area contributed by atoms with E-state index in [-0.39, 0.29) is 11.7 Å². The number of hydrazone groups is 1. The summed E-state index contributed by atoms with van der Waals surface area (Å²) in [6.45, 7) is 2.03. The lowest BCUT2D eigenvalue weighted by Gasteiger charge is -2.11. The van der Waals surface area contributed by atoms with Crippen molar-refractivity contribution in [2.24, 2.45) is 5.10 Å². The van der Waals surface area contributed by atoms with Gasteiger partial charge in [0.15, 0.2) is 11.0 Å². The Bertz CT molecular complexity index is 1280. The van der Waals surface area contributed by atoms with E-state index in [2.05, 4.69) is 20.7 Å². The summed E-state index contributed by atoms with van der Waals surface area (Å²) in [5, 5.41) is 13.3. The van der Waals surface area contributed by atoms with Gasteiger partial charge in [-0.3, -0.25) is 9.36 Å². The number of carbonyl (C=O) groups excluding carboxylic acids is 1. The fourth-order valence-electron chi connectivity index (χ4n) is 3.06. The van der Waals surface area contributed by atoms with Gasteiger partial charge in [0.2, 0.25) is 0 Å². The number of methoxy groups -OCH3 is 1. The largest absolute Gasteiger partial charge is 0.497 e. The number of rotatable bonds is 9. The molecule has 0 bridgehead atoms. The molecule has 0 aliphatic heterocycles.